The number of fused-ring (bicyclic) bond motifs is 1. The first-order chi connectivity index (χ1) is 13.3. The molecule has 2 aromatic heterocycles. The van der Waals surface area contributed by atoms with Gasteiger partial charge >= 0.3 is 0 Å². The van der Waals surface area contributed by atoms with E-state index in [1.165, 1.54) is 31.6 Å². The minimum Gasteiger partial charge on any atom is -0.507 e. The molecule has 0 saturated heterocycles. The SMILES string of the molecule is COc1c(-c2cc(C)nn2-c2ccc(S(N)(=O)=O)cc2)c(O)cc2occc12. The van der Waals surface area contributed by atoms with Crippen molar-refractivity contribution in [2.24, 2.45) is 5.14 Å². The summed E-state index contributed by atoms with van der Waals surface area (Å²) < 4.78 is 35.5. The van der Waals surface area contributed by atoms with E-state index >= 15 is 0 Å². The maximum Gasteiger partial charge on any atom is 0.238 e. The van der Waals surface area contributed by atoms with E-state index in [0.717, 1.165) is 0 Å². The van der Waals surface area contributed by atoms with Gasteiger partial charge in [0.25, 0.3) is 0 Å². The maximum absolute atomic E-state index is 11.5. The zero-order valence-electron chi connectivity index (χ0n) is 15.1. The number of nitrogens with zero attached hydrogens (tertiary/aromatic N) is 2. The summed E-state index contributed by atoms with van der Waals surface area (Å²) in [5.74, 6) is 0.424. The highest BCUT2D eigenvalue weighted by Gasteiger charge is 2.22. The molecule has 28 heavy (non-hydrogen) atoms. The van der Waals surface area contributed by atoms with Crippen LogP contribution in [-0.2, 0) is 10.0 Å². The van der Waals surface area contributed by atoms with Crippen molar-refractivity contribution in [3.05, 3.63) is 54.4 Å². The Hall–Kier alpha value is -3.30. The Morgan fingerprint density at radius 2 is 1.89 bits per heavy atom. The molecule has 0 amide bonds. The highest BCUT2D eigenvalue weighted by Crippen LogP contribution is 2.44. The first-order valence-corrected chi connectivity index (χ1v) is 9.81. The summed E-state index contributed by atoms with van der Waals surface area (Å²) in [5, 5.41) is 21.0. The summed E-state index contributed by atoms with van der Waals surface area (Å²) in [5.41, 5.74) is 2.84. The van der Waals surface area contributed by atoms with Crippen molar-refractivity contribution >= 4 is 21.0 Å². The number of sulfonamides is 1. The lowest BCUT2D eigenvalue weighted by Gasteiger charge is -2.14. The Balaban J connectivity index is 1.95. The molecule has 0 unspecified atom stereocenters. The van der Waals surface area contributed by atoms with E-state index in [1.54, 1.807) is 28.9 Å². The van der Waals surface area contributed by atoms with Crippen molar-refractivity contribution in [1.82, 2.24) is 9.78 Å². The van der Waals surface area contributed by atoms with Gasteiger partial charge in [0, 0.05) is 6.07 Å². The van der Waals surface area contributed by atoms with Gasteiger partial charge in [0.2, 0.25) is 10.0 Å². The highest BCUT2D eigenvalue weighted by atomic mass is 32.2. The molecule has 144 valence electrons. The number of methoxy groups -OCH3 is 1. The molecule has 2 aromatic carbocycles. The first-order valence-electron chi connectivity index (χ1n) is 8.27. The predicted octanol–water partition coefficient (Wildman–Crippen LogP) is 2.96. The fraction of sp³-hybridized carbons (Fsp3) is 0.105. The molecule has 4 rings (SSSR count). The molecule has 0 aliphatic rings. The Labute approximate surface area is 160 Å². The van der Waals surface area contributed by atoms with Crippen LogP contribution in [0.4, 0.5) is 0 Å². The monoisotopic (exact) mass is 399 g/mol. The molecule has 2 heterocycles. The van der Waals surface area contributed by atoms with Gasteiger partial charge < -0.3 is 14.3 Å². The smallest absolute Gasteiger partial charge is 0.238 e. The summed E-state index contributed by atoms with van der Waals surface area (Å²) in [7, 11) is -2.28. The molecular formula is C19H17N3O5S. The number of benzene rings is 2. The lowest BCUT2D eigenvalue weighted by atomic mass is 10.1. The van der Waals surface area contributed by atoms with E-state index in [1.807, 2.05) is 6.92 Å². The van der Waals surface area contributed by atoms with Crippen LogP contribution in [0, 0.1) is 6.92 Å². The van der Waals surface area contributed by atoms with E-state index in [2.05, 4.69) is 5.10 Å². The van der Waals surface area contributed by atoms with Crippen LogP contribution in [0.1, 0.15) is 5.69 Å². The molecule has 0 spiro atoms. The van der Waals surface area contributed by atoms with Crippen molar-refractivity contribution in [1.29, 1.82) is 0 Å². The third-order valence-corrected chi connectivity index (χ3v) is 5.32. The molecule has 3 N–H and O–H groups in total. The van der Waals surface area contributed by atoms with Gasteiger partial charge in [-0.05, 0) is 43.3 Å². The van der Waals surface area contributed by atoms with Crippen molar-refractivity contribution in [2.45, 2.75) is 11.8 Å². The van der Waals surface area contributed by atoms with Crippen LogP contribution in [0.2, 0.25) is 0 Å². The molecule has 0 bridgehead atoms. The zero-order valence-corrected chi connectivity index (χ0v) is 15.9. The standard InChI is InChI=1S/C19H17N3O5S/c1-11-9-15(18-16(23)10-17-14(7-8-27-17)19(18)26-2)22(21-11)12-3-5-13(6-4-12)28(20,24)25/h3-10,23H,1-2H3,(H2,20,24,25). The number of aryl methyl sites for hydroxylation is 1. The van der Waals surface area contributed by atoms with Gasteiger partial charge in [0.05, 0.1) is 46.3 Å². The van der Waals surface area contributed by atoms with Gasteiger partial charge in [-0.15, -0.1) is 0 Å². The van der Waals surface area contributed by atoms with Gasteiger partial charge in [0.1, 0.15) is 17.1 Å². The summed E-state index contributed by atoms with van der Waals surface area (Å²) in [6.45, 7) is 1.82. The summed E-state index contributed by atoms with van der Waals surface area (Å²) in [4.78, 5) is 0.00178. The molecule has 0 radical (unpaired) electrons. The number of phenolic OH excluding ortho intramolecular Hbond substituents is 1. The Morgan fingerprint density at radius 3 is 2.54 bits per heavy atom. The van der Waals surface area contributed by atoms with Crippen molar-refractivity contribution in [3.8, 4) is 28.4 Å². The predicted molar refractivity (Wildman–Crippen MR) is 103 cm³/mol. The van der Waals surface area contributed by atoms with E-state index in [0.29, 0.717) is 39.4 Å². The van der Waals surface area contributed by atoms with Crippen molar-refractivity contribution in [3.63, 3.8) is 0 Å². The quantitative estimate of drug-likeness (QED) is 0.544. The molecule has 0 atom stereocenters. The largest absolute Gasteiger partial charge is 0.507 e. The highest BCUT2D eigenvalue weighted by molar-refractivity contribution is 7.89. The maximum atomic E-state index is 11.5. The lowest BCUT2D eigenvalue weighted by Crippen LogP contribution is -2.12. The number of aromatic nitrogens is 2. The van der Waals surface area contributed by atoms with Crippen LogP contribution in [0.25, 0.3) is 27.9 Å². The Morgan fingerprint density at radius 1 is 1.18 bits per heavy atom. The molecule has 8 nitrogen and oxygen atoms in total. The number of furan rings is 1. The normalized spacial score (nSPS) is 11.8. The molecule has 4 aromatic rings. The topological polar surface area (TPSA) is 121 Å². The third kappa shape index (κ3) is 2.90. The first kappa shape index (κ1) is 18.1. The third-order valence-electron chi connectivity index (χ3n) is 4.39. The molecule has 0 aliphatic heterocycles. The van der Waals surface area contributed by atoms with Crippen LogP contribution in [-0.4, -0.2) is 30.4 Å². The number of ether oxygens (including phenoxy) is 1. The number of phenols is 1. The molecule has 0 aliphatic carbocycles. The van der Waals surface area contributed by atoms with Gasteiger partial charge in [-0.3, -0.25) is 0 Å². The number of nitrogens with two attached hydrogens (primary N) is 1. The number of primary sulfonamides is 1. The van der Waals surface area contributed by atoms with Gasteiger partial charge in [-0.2, -0.15) is 5.10 Å². The summed E-state index contributed by atoms with van der Waals surface area (Å²) in [6, 6.07) is 11.1. The average molecular weight is 399 g/mol. The van der Waals surface area contributed by atoms with Crippen LogP contribution in [0.15, 0.2) is 58.0 Å². The minimum absolute atomic E-state index is 0.00178. The van der Waals surface area contributed by atoms with Crippen LogP contribution in [0.5, 0.6) is 11.5 Å². The molecular weight excluding hydrogens is 382 g/mol. The fourth-order valence-electron chi connectivity index (χ4n) is 3.18. The number of hydrogen-bond acceptors (Lipinski definition) is 6. The molecule has 0 fully saturated rings. The second-order valence-corrected chi connectivity index (χ2v) is 7.82. The van der Waals surface area contributed by atoms with Gasteiger partial charge in [-0.25, -0.2) is 18.2 Å². The number of hydrogen-bond donors (Lipinski definition) is 2. The van der Waals surface area contributed by atoms with E-state index < -0.39 is 10.0 Å². The summed E-state index contributed by atoms with van der Waals surface area (Å²) in [6.07, 6.45) is 1.52. The average Bonchev–Trinajstić information content (AvgIpc) is 3.26. The van der Waals surface area contributed by atoms with E-state index in [9.17, 15) is 13.5 Å². The van der Waals surface area contributed by atoms with Crippen LogP contribution >= 0.6 is 0 Å². The number of aromatic hydroxyl groups is 1. The minimum atomic E-state index is -3.79. The van der Waals surface area contributed by atoms with Crippen molar-refractivity contribution in [2.75, 3.05) is 7.11 Å². The molecule has 0 saturated carbocycles. The van der Waals surface area contributed by atoms with Crippen molar-refractivity contribution < 1.29 is 22.7 Å². The van der Waals surface area contributed by atoms with Crippen LogP contribution < -0.4 is 9.88 Å². The van der Waals surface area contributed by atoms with E-state index in [-0.39, 0.29) is 10.6 Å². The second kappa shape index (κ2) is 6.39. The van der Waals surface area contributed by atoms with Gasteiger partial charge in [0.15, 0.2) is 0 Å². The fourth-order valence-corrected chi connectivity index (χ4v) is 3.69. The van der Waals surface area contributed by atoms with Crippen LogP contribution in [0.3, 0.4) is 0 Å². The van der Waals surface area contributed by atoms with Gasteiger partial charge in [-0.1, -0.05) is 0 Å². The lowest BCUT2D eigenvalue weighted by molar-refractivity contribution is 0.414. The number of rotatable bonds is 4. The zero-order chi connectivity index (χ0) is 20.1. The Kier molecular flexibility index (Phi) is 4.13. The molecule has 9 heteroatoms. The second-order valence-electron chi connectivity index (χ2n) is 6.26. The van der Waals surface area contributed by atoms with E-state index in [4.69, 9.17) is 14.3 Å². The Bertz CT molecular complexity index is 1290. The summed E-state index contributed by atoms with van der Waals surface area (Å²) >= 11 is 0.